The highest BCUT2D eigenvalue weighted by Crippen LogP contribution is 2.39. The van der Waals surface area contributed by atoms with Gasteiger partial charge in [0.25, 0.3) is 0 Å². The minimum absolute atomic E-state index is 0.960. The summed E-state index contributed by atoms with van der Waals surface area (Å²) in [6.45, 7) is 2.25. The van der Waals surface area contributed by atoms with Crippen LogP contribution in [0.2, 0.25) is 0 Å². The van der Waals surface area contributed by atoms with Crippen molar-refractivity contribution in [3.8, 4) is 0 Å². The van der Waals surface area contributed by atoms with E-state index in [4.69, 9.17) is 4.42 Å². The number of para-hydroxylation sites is 1. The summed E-state index contributed by atoms with van der Waals surface area (Å²) in [5, 5.41) is 5.17. The molecule has 0 saturated carbocycles. The van der Waals surface area contributed by atoms with Gasteiger partial charge in [-0.3, -0.25) is 0 Å². The topological polar surface area (TPSA) is 18.1 Å². The second-order valence-corrected chi connectivity index (χ2v) is 6.91. The van der Waals surface area contributed by atoms with Crippen LogP contribution in [0.1, 0.15) is 25.3 Å². The fourth-order valence-corrected chi connectivity index (χ4v) is 4.22. The normalized spacial score (nSPS) is 12.1. The summed E-state index contributed by atoms with van der Waals surface area (Å²) < 4.78 is 8.43. The van der Waals surface area contributed by atoms with E-state index in [1.165, 1.54) is 51.0 Å². The fraction of sp³-hybridized carbons (Fsp3) is 0.217. The van der Waals surface area contributed by atoms with E-state index in [-0.39, 0.29) is 0 Å². The lowest BCUT2D eigenvalue weighted by Crippen LogP contribution is -1.89. The number of hydrogen-bond donors (Lipinski definition) is 0. The molecule has 0 aliphatic heterocycles. The molecule has 25 heavy (non-hydrogen) atoms. The Hall–Kier alpha value is -2.74. The molecule has 0 bridgehead atoms. The van der Waals surface area contributed by atoms with E-state index in [9.17, 15) is 0 Å². The number of furan rings is 1. The summed E-state index contributed by atoms with van der Waals surface area (Å²) in [6, 6.07) is 19.4. The SMILES string of the molecule is CCCCc1cccc2c1c1ccc3oc4ccccc4c3c1n2C. The molecule has 5 rings (SSSR count). The van der Waals surface area contributed by atoms with Crippen LogP contribution in [0.4, 0.5) is 0 Å². The molecular formula is C23H21NO. The summed E-state index contributed by atoms with van der Waals surface area (Å²) in [7, 11) is 2.18. The van der Waals surface area contributed by atoms with E-state index in [2.05, 4.69) is 67.1 Å². The first kappa shape index (κ1) is 14.6. The average Bonchev–Trinajstić information content (AvgIpc) is 3.16. The van der Waals surface area contributed by atoms with Crippen molar-refractivity contribution in [1.82, 2.24) is 4.57 Å². The minimum Gasteiger partial charge on any atom is -0.456 e. The van der Waals surface area contributed by atoms with Crippen molar-refractivity contribution < 1.29 is 4.42 Å². The second kappa shape index (κ2) is 5.38. The Bertz CT molecular complexity index is 1240. The van der Waals surface area contributed by atoms with E-state index >= 15 is 0 Å². The molecule has 2 aromatic heterocycles. The molecule has 3 aromatic carbocycles. The van der Waals surface area contributed by atoms with Gasteiger partial charge < -0.3 is 8.98 Å². The zero-order valence-corrected chi connectivity index (χ0v) is 14.7. The molecule has 2 nitrogen and oxygen atoms in total. The van der Waals surface area contributed by atoms with Crippen LogP contribution >= 0.6 is 0 Å². The van der Waals surface area contributed by atoms with Gasteiger partial charge in [-0.1, -0.05) is 43.7 Å². The standard InChI is InChI=1S/C23H21NO/c1-3-4-8-15-9-7-11-18-21(15)17-13-14-20-22(23(17)24(18)2)16-10-5-6-12-19(16)25-20/h5-7,9-14H,3-4,8H2,1-2H3. The molecule has 0 saturated heterocycles. The first-order valence-corrected chi connectivity index (χ1v) is 9.10. The van der Waals surface area contributed by atoms with Crippen LogP contribution in [-0.4, -0.2) is 4.57 Å². The van der Waals surface area contributed by atoms with Crippen molar-refractivity contribution in [2.45, 2.75) is 26.2 Å². The number of rotatable bonds is 3. The Balaban J connectivity index is 1.98. The van der Waals surface area contributed by atoms with Crippen molar-refractivity contribution in [3.05, 3.63) is 60.2 Å². The van der Waals surface area contributed by atoms with E-state index in [0.717, 1.165) is 17.6 Å². The highest BCUT2D eigenvalue weighted by molar-refractivity contribution is 6.24. The number of hydrogen-bond acceptors (Lipinski definition) is 1. The Morgan fingerprint density at radius 1 is 0.840 bits per heavy atom. The van der Waals surface area contributed by atoms with Crippen molar-refractivity contribution in [2.24, 2.45) is 7.05 Å². The van der Waals surface area contributed by atoms with Gasteiger partial charge >= 0.3 is 0 Å². The predicted molar refractivity (Wildman–Crippen MR) is 106 cm³/mol. The maximum Gasteiger partial charge on any atom is 0.137 e. The first-order valence-electron chi connectivity index (χ1n) is 9.10. The number of aromatic nitrogens is 1. The molecule has 2 heteroatoms. The maximum atomic E-state index is 6.09. The summed E-state index contributed by atoms with van der Waals surface area (Å²) in [5.74, 6) is 0. The van der Waals surface area contributed by atoms with Crippen molar-refractivity contribution in [2.75, 3.05) is 0 Å². The molecule has 0 aliphatic rings. The van der Waals surface area contributed by atoms with Gasteiger partial charge in [-0.25, -0.2) is 0 Å². The summed E-state index contributed by atoms with van der Waals surface area (Å²) in [5.41, 5.74) is 5.97. The molecule has 0 atom stereocenters. The fourth-order valence-electron chi connectivity index (χ4n) is 4.22. The van der Waals surface area contributed by atoms with Gasteiger partial charge in [-0.15, -0.1) is 0 Å². The van der Waals surface area contributed by atoms with E-state index in [0.29, 0.717) is 0 Å². The summed E-state index contributed by atoms with van der Waals surface area (Å²) >= 11 is 0. The molecule has 5 aromatic rings. The quantitative estimate of drug-likeness (QED) is 0.366. The number of unbranched alkanes of at least 4 members (excludes halogenated alkanes) is 1. The maximum absolute atomic E-state index is 6.09. The second-order valence-electron chi connectivity index (χ2n) is 6.91. The van der Waals surface area contributed by atoms with Gasteiger partial charge in [-0.2, -0.15) is 0 Å². The molecule has 0 amide bonds. The van der Waals surface area contributed by atoms with Gasteiger partial charge in [0.15, 0.2) is 0 Å². The van der Waals surface area contributed by atoms with Gasteiger partial charge in [0.1, 0.15) is 11.2 Å². The third-order valence-corrected chi connectivity index (χ3v) is 5.41. The lowest BCUT2D eigenvalue weighted by molar-refractivity contribution is 0.669. The van der Waals surface area contributed by atoms with Crippen LogP contribution in [0.25, 0.3) is 43.7 Å². The zero-order valence-electron chi connectivity index (χ0n) is 14.7. The Morgan fingerprint density at radius 3 is 2.60 bits per heavy atom. The van der Waals surface area contributed by atoms with Gasteiger partial charge in [-0.05, 0) is 42.7 Å². The monoisotopic (exact) mass is 327 g/mol. The molecule has 0 spiro atoms. The Labute approximate surface area is 146 Å². The third-order valence-electron chi connectivity index (χ3n) is 5.41. The first-order chi connectivity index (χ1) is 12.3. The molecular weight excluding hydrogens is 306 g/mol. The predicted octanol–water partition coefficient (Wildman–Crippen LogP) is 6.57. The zero-order chi connectivity index (χ0) is 17.0. The van der Waals surface area contributed by atoms with Crippen LogP contribution in [-0.2, 0) is 13.5 Å². The van der Waals surface area contributed by atoms with Crippen molar-refractivity contribution in [1.29, 1.82) is 0 Å². The van der Waals surface area contributed by atoms with E-state index in [1.807, 2.05) is 6.07 Å². The highest BCUT2D eigenvalue weighted by atomic mass is 16.3. The number of nitrogens with zero attached hydrogens (tertiary/aromatic N) is 1. The molecule has 124 valence electrons. The molecule has 0 aliphatic carbocycles. The molecule has 0 radical (unpaired) electrons. The van der Waals surface area contributed by atoms with Crippen LogP contribution < -0.4 is 0 Å². The number of benzene rings is 3. The smallest absolute Gasteiger partial charge is 0.137 e. The molecule has 0 unspecified atom stereocenters. The van der Waals surface area contributed by atoms with Crippen LogP contribution in [0.15, 0.2) is 59.0 Å². The Kier molecular flexibility index (Phi) is 3.14. The third kappa shape index (κ3) is 1.97. The summed E-state index contributed by atoms with van der Waals surface area (Å²) in [4.78, 5) is 0. The van der Waals surface area contributed by atoms with Gasteiger partial charge in [0.2, 0.25) is 0 Å². The Morgan fingerprint density at radius 2 is 1.72 bits per heavy atom. The van der Waals surface area contributed by atoms with Crippen molar-refractivity contribution >= 4 is 43.7 Å². The lowest BCUT2D eigenvalue weighted by atomic mass is 10.0. The average molecular weight is 327 g/mol. The van der Waals surface area contributed by atoms with Gasteiger partial charge in [0.05, 0.1) is 10.9 Å². The van der Waals surface area contributed by atoms with Crippen LogP contribution in [0.3, 0.4) is 0 Å². The molecule has 0 fully saturated rings. The lowest BCUT2D eigenvalue weighted by Gasteiger charge is -2.03. The van der Waals surface area contributed by atoms with Crippen molar-refractivity contribution in [3.63, 3.8) is 0 Å². The number of fused-ring (bicyclic) bond motifs is 7. The van der Waals surface area contributed by atoms with Crippen LogP contribution in [0, 0.1) is 0 Å². The highest BCUT2D eigenvalue weighted by Gasteiger charge is 2.17. The number of aryl methyl sites for hydroxylation is 2. The van der Waals surface area contributed by atoms with Crippen LogP contribution in [0.5, 0.6) is 0 Å². The van der Waals surface area contributed by atoms with E-state index < -0.39 is 0 Å². The molecule has 0 N–H and O–H groups in total. The van der Waals surface area contributed by atoms with Gasteiger partial charge in [0, 0.05) is 28.7 Å². The van der Waals surface area contributed by atoms with E-state index in [1.54, 1.807) is 0 Å². The largest absolute Gasteiger partial charge is 0.456 e. The minimum atomic E-state index is 0.960. The summed E-state index contributed by atoms with van der Waals surface area (Å²) in [6.07, 6.45) is 3.58. The molecule has 2 heterocycles.